The first-order valence-corrected chi connectivity index (χ1v) is 7.33. The molecule has 96 valence electrons. The maximum atomic E-state index is 11.1. The summed E-state index contributed by atoms with van der Waals surface area (Å²) >= 11 is 3.82. The molecule has 0 bridgehead atoms. The molecule has 1 N–H and O–H groups in total. The molecule has 1 aliphatic carbocycles. The molecule has 0 spiro atoms. The van der Waals surface area contributed by atoms with Gasteiger partial charge in [-0.05, 0) is 36.0 Å². The summed E-state index contributed by atoms with van der Waals surface area (Å²) in [5, 5.41) is 0. The highest BCUT2D eigenvalue weighted by Crippen LogP contribution is 2.44. The molecule has 18 heavy (non-hydrogen) atoms. The molecule has 1 heterocycles. The standard InChI is InChI=1S/C14H16BrNO2/c1-8-3-2-4-10(8)13(15)9-5-6-11-12(7-9)18-14(17)16-11/h5-8,10,13H,2-4H2,1H3,(H,16,17). The van der Waals surface area contributed by atoms with Crippen molar-refractivity contribution < 1.29 is 4.42 Å². The van der Waals surface area contributed by atoms with Crippen LogP contribution in [0, 0.1) is 11.8 Å². The fourth-order valence-corrected chi connectivity index (χ4v) is 4.06. The zero-order valence-corrected chi connectivity index (χ0v) is 11.9. The van der Waals surface area contributed by atoms with Crippen LogP contribution in [0.4, 0.5) is 0 Å². The van der Waals surface area contributed by atoms with Crippen molar-refractivity contribution in [1.29, 1.82) is 0 Å². The van der Waals surface area contributed by atoms with Crippen molar-refractivity contribution in [2.75, 3.05) is 0 Å². The van der Waals surface area contributed by atoms with E-state index in [0.29, 0.717) is 16.3 Å². The van der Waals surface area contributed by atoms with E-state index in [-0.39, 0.29) is 5.76 Å². The molecule has 0 aliphatic heterocycles. The molecule has 1 fully saturated rings. The fourth-order valence-electron chi connectivity index (χ4n) is 2.99. The van der Waals surface area contributed by atoms with Gasteiger partial charge < -0.3 is 4.42 Å². The zero-order chi connectivity index (χ0) is 12.7. The summed E-state index contributed by atoms with van der Waals surface area (Å²) < 4.78 is 5.12. The number of fused-ring (bicyclic) bond motifs is 1. The number of rotatable bonds is 2. The lowest BCUT2D eigenvalue weighted by atomic mass is 9.91. The molecule has 0 saturated heterocycles. The normalized spacial score (nSPS) is 25.7. The maximum absolute atomic E-state index is 11.1. The lowest BCUT2D eigenvalue weighted by Crippen LogP contribution is -2.10. The monoisotopic (exact) mass is 309 g/mol. The van der Waals surface area contributed by atoms with Crippen molar-refractivity contribution in [2.45, 2.75) is 31.0 Å². The Balaban J connectivity index is 1.95. The quantitative estimate of drug-likeness (QED) is 0.852. The Bertz CT molecular complexity index is 616. The average Bonchev–Trinajstić information content (AvgIpc) is 2.91. The number of hydrogen-bond acceptors (Lipinski definition) is 2. The molecule has 1 saturated carbocycles. The fraction of sp³-hybridized carbons (Fsp3) is 0.500. The summed E-state index contributed by atoms with van der Waals surface area (Å²) in [6.45, 7) is 2.32. The van der Waals surface area contributed by atoms with Gasteiger partial charge >= 0.3 is 5.76 Å². The van der Waals surface area contributed by atoms with Crippen LogP contribution in [0.25, 0.3) is 11.1 Å². The van der Waals surface area contributed by atoms with E-state index in [0.717, 1.165) is 11.4 Å². The number of alkyl halides is 1. The van der Waals surface area contributed by atoms with Crippen LogP contribution in [0.2, 0.25) is 0 Å². The van der Waals surface area contributed by atoms with Gasteiger partial charge in [0.25, 0.3) is 0 Å². The lowest BCUT2D eigenvalue weighted by Gasteiger charge is -2.22. The highest BCUT2D eigenvalue weighted by Gasteiger charge is 2.30. The van der Waals surface area contributed by atoms with Gasteiger partial charge in [-0.1, -0.05) is 41.8 Å². The van der Waals surface area contributed by atoms with Crippen molar-refractivity contribution in [1.82, 2.24) is 4.98 Å². The van der Waals surface area contributed by atoms with Crippen molar-refractivity contribution in [3.63, 3.8) is 0 Å². The first-order valence-electron chi connectivity index (χ1n) is 6.42. The summed E-state index contributed by atoms with van der Waals surface area (Å²) in [7, 11) is 0. The van der Waals surface area contributed by atoms with Crippen molar-refractivity contribution in [3.8, 4) is 0 Å². The van der Waals surface area contributed by atoms with E-state index in [4.69, 9.17) is 4.42 Å². The second-order valence-corrected chi connectivity index (χ2v) is 6.23. The molecular weight excluding hydrogens is 294 g/mol. The summed E-state index contributed by atoms with van der Waals surface area (Å²) in [6.07, 6.45) is 3.90. The number of hydrogen-bond donors (Lipinski definition) is 1. The largest absolute Gasteiger partial charge is 0.417 e. The van der Waals surface area contributed by atoms with Crippen LogP contribution in [0.15, 0.2) is 27.4 Å². The number of benzene rings is 1. The van der Waals surface area contributed by atoms with E-state index in [2.05, 4.69) is 33.9 Å². The predicted molar refractivity (Wildman–Crippen MR) is 75.0 cm³/mol. The van der Waals surface area contributed by atoms with Gasteiger partial charge in [0.15, 0.2) is 5.58 Å². The molecule has 0 amide bonds. The Morgan fingerprint density at radius 1 is 1.44 bits per heavy atom. The molecule has 0 radical (unpaired) electrons. The van der Waals surface area contributed by atoms with Crippen LogP contribution in [0.3, 0.4) is 0 Å². The molecule has 3 atom stereocenters. The van der Waals surface area contributed by atoms with Gasteiger partial charge in [-0.2, -0.15) is 0 Å². The van der Waals surface area contributed by atoms with Crippen LogP contribution < -0.4 is 5.76 Å². The molecule has 1 aromatic heterocycles. The van der Waals surface area contributed by atoms with Gasteiger partial charge in [0.05, 0.1) is 5.52 Å². The van der Waals surface area contributed by atoms with Crippen molar-refractivity contribution >= 4 is 27.0 Å². The van der Waals surface area contributed by atoms with Crippen molar-refractivity contribution in [3.05, 3.63) is 34.3 Å². The first kappa shape index (κ1) is 12.0. The molecular formula is C14H16BrNO2. The number of aromatic nitrogens is 1. The Morgan fingerprint density at radius 2 is 2.28 bits per heavy atom. The third kappa shape index (κ3) is 2.03. The lowest BCUT2D eigenvalue weighted by molar-refractivity contribution is 0.414. The molecule has 3 unspecified atom stereocenters. The second kappa shape index (κ2) is 4.57. The maximum Gasteiger partial charge on any atom is 0.417 e. The zero-order valence-electron chi connectivity index (χ0n) is 10.3. The van der Waals surface area contributed by atoms with Gasteiger partial charge in [-0.3, -0.25) is 4.98 Å². The number of nitrogens with one attached hydrogen (secondary N) is 1. The summed E-state index contributed by atoms with van der Waals surface area (Å²) in [5.74, 6) is 1.04. The van der Waals surface area contributed by atoms with Crippen molar-refractivity contribution in [2.24, 2.45) is 11.8 Å². The van der Waals surface area contributed by atoms with E-state index < -0.39 is 0 Å². The summed E-state index contributed by atoms with van der Waals surface area (Å²) in [6, 6.07) is 5.96. The van der Waals surface area contributed by atoms with E-state index >= 15 is 0 Å². The van der Waals surface area contributed by atoms with Gasteiger partial charge in [0.1, 0.15) is 0 Å². The molecule has 1 aromatic carbocycles. The SMILES string of the molecule is CC1CCCC1C(Br)c1ccc2[nH]c(=O)oc2c1. The summed E-state index contributed by atoms with van der Waals surface area (Å²) in [5.41, 5.74) is 2.61. The topological polar surface area (TPSA) is 46.0 Å². The predicted octanol–water partition coefficient (Wildman–Crippen LogP) is 3.99. The number of H-pyrrole nitrogens is 1. The first-order chi connectivity index (χ1) is 8.65. The van der Waals surface area contributed by atoms with E-state index in [1.54, 1.807) is 0 Å². The second-order valence-electron chi connectivity index (χ2n) is 5.24. The van der Waals surface area contributed by atoms with Crippen LogP contribution in [0.1, 0.15) is 36.6 Å². The van der Waals surface area contributed by atoms with Gasteiger partial charge in [-0.15, -0.1) is 0 Å². The minimum Gasteiger partial charge on any atom is -0.408 e. The Hall–Kier alpha value is -1.03. The minimum atomic E-state index is -0.387. The molecule has 1 aliphatic rings. The smallest absolute Gasteiger partial charge is 0.408 e. The third-order valence-electron chi connectivity index (χ3n) is 4.07. The Labute approximate surface area is 114 Å². The molecule has 2 aromatic rings. The molecule has 4 heteroatoms. The van der Waals surface area contributed by atoms with E-state index in [9.17, 15) is 4.79 Å². The van der Waals surface area contributed by atoms with Gasteiger partial charge in [0.2, 0.25) is 0 Å². The molecule has 3 rings (SSSR count). The van der Waals surface area contributed by atoms with Crippen LogP contribution in [-0.2, 0) is 0 Å². The average molecular weight is 310 g/mol. The summed E-state index contributed by atoms with van der Waals surface area (Å²) in [4.78, 5) is 14.2. The van der Waals surface area contributed by atoms with Crippen LogP contribution >= 0.6 is 15.9 Å². The van der Waals surface area contributed by atoms with Gasteiger partial charge in [0, 0.05) is 4.83 Å². The number of oxazole rings is 1. The third-order valence-corrected chi connectivity index (χ3v) is 5.27. The number of halogens is 1. The minimum absolute atomic E-state index is 0.347. The highest BCUT2D eigenvalue weighted by atomic mass is 79.9. The van der Waals surface area contributed by atoms with Crippen LogP contribution in [0.5, 0.6) is 0 Å². The molecule has 3 nitrogen and oxygen atoms in total. The number of aromatic amines is 1. The highest BCUT2D eigenvalue weighted by molar-refractivity contribution is 9.09. The Morgan fingerprint density at radius 3 is 3.00 bits per heavy atom. The van der Waals surface area contributed by atoms with Gasteiger partial charge in [-0.25, -0.2) is 4.79 Å². The van der Waals surface area contributed by atoms with E-state index in [1.165, 1.54) is 24.8 Å². The van der Waals surface area contributed by atoms with E-state index in [1.807, 2.05) is 12.1 Å². The Kier molecular flexibility index (Phi) is 3.06. The van der Waals surface area contributed by atoms with Crippen LogP contribution in [-0.4, -0.2) is 4.98 Å².